The molecule has 2 fully saturated rings. The molecule has 5 heteroatoms. The molecule has 1 aliphatic heterocycles. The number of anilines is 1. The number of nitrogens with zero attached hydrogens (tertiary/aromatic N) is 1. The zero-order valence-electron chi connectivity index (χ0n) is 11.2. The first-order valence-electron chi connectivity index (χ1n) is 7.29. The first-order valence-corrected chi connectivity index (χ1v) is 7.29. The van der Waals surface area contributed by atoms with Gasteiger partial charge in [0, 0.05) is 5.39 Å². The lowest BCUT2D eigenvalue weighted by Crippen LogP contribution is -2.39. The highest BCUT2D eigenvalue weighted by Crippen LogP contribution is 2.38. The number of aromatic amines is 1. The van der Waals surface area contributed by atoms with Gasteiger partial charge in [-0.05, 0) is 43.4 Å². The number of benzene rings is 1. The van der Waals surface area contributed by atoms with Crippen LogP contribution in [0.15, 0.2) is 24.4 Å². The van der Waals surface area contributed by atoms with Gasteiger partial charge < -0.3 is 10.6 Å². The summed E-state index contributed by atoms with van der Waals surface area (Å²) in [5, 5.41) is 14.4. The summed E-state index contributed by atoms with van der Waals surface area (Å²) in [5.41, 5.74) is 1.78. The predicted octanol–water partition coefficient (Wildman–Crippen LogP) is 1.89. The van der Waals surface area contributed by atoms with Gasteiger partial charge in [0.25, 0.3) is 0 Å². The lowest BCUT2D eigenvalue weighted by Gasteiger charge is -2.18. The molecule has 104 valence electrons. The third kappa shape index (κ3) is 1.81. The molecule has 0 radical (unpaired) electrons. The molecule has 3 N–H and O–H groups in total. The van der Waals surface area contributed by atoms with E-state index in [2.05, 4.69) is 20.8 Å². The van der Waals surface area contributed by atoms with Crippen molar-refractivity contribution in [1.82, 2.24) is 15.5 Å². The molecular weight excluding hydrogens is 252 g/mol. The molecule has 1 aromatic carbocycles. The zero-order chi connectivity index (χ0) is 13.5. The molecule has 0 spiro atoms. The van der Waals surface area contributed by atoms with Gasteiger partial charge in [0.2, 0.25) is 5.91 Å². The van der Waals surface area contributed by atoms with Gasteiger partial charge in [0.1, 0.15) is 0 Å². The summed E-state index contributed by atoms with van der Waals surface area (Å²) >= 11 is 0. The molecule has 1 aromatic heterocycles. The average Bonchev–Trinajstić information content (AvgIpc) is 3.14. The quantitative estimate of drug-likeness (QED) is 0.780. The Balaban J connectivity index is 1.57. The van der Waals surface area contributed by atoms with Gasteiger partial charge in [-0.2, -0.15) is 5.10 Å². The maximum Gasteiger partial charge on any atom is 0.241 e. The minimum Gasteiger partial charge on any atom is -0.324 e. The SMILES string of the molecule is O=C(Nc1cccc2[nH]ncc12)C1NCC2CCCC21. The molecule has 0 bridgehead atoms. The summed E-state index contributed by atoms with van der Waals surface area (Å²) in [4.78, 5) is 12.5. The lowest BCUT2D eigenvalue weighted by molar-refractivity contribution is -0.118. The van der Waals surface area contributed by atoms with E-state index in [9.17, 15) is 4.79 Å². The fourth-order valence-electron chi connectivity index (χ4n) is 3.76. The van der Waals surface area contributed by atoms with E-state index in [0.717, 1.165) is 23.1 Å². The second-order valence-electron chi connectivity index (χ2n) is 5.87. The molecule has 2 heterocycles. The van der Waals surface area contributed by atoms with Crippen molar-refractivity contribution in [3.05, 3.63) is 24.4 Å². The van der Waals surface area contributed by atoms with Crippen LogP contribution in [-0.2, 0) is 4.79 Å². The van der Waals surface area contributed by atoms with E-state index >= 15 is 0 Å². The highest BCUT2D eigenvalue weighted by atomic mass is 16.2. The summed E-state index contributed by atoms with van der Waals surface area (Å²) in [5.74, 6) is 1.29. The minimum atomic E-state index is -0.0374. The predicted molar refractivity (Wildman–Crippen MR) is 77.3 cm³/mol. The van der Waals surface area contributed by atoms with Crippen molar-refractivity contribution in [2.45, 2.75) is 25.3 Å². The Bertz CT molecular complexity index is 650. The summed E-state index contributed by atoms with van der Waals surface area (Å²) in [7, 11) is 0. The van der Waals surface area contributed by atoms with Gasteiger partial charge in [0.15, 0.2) is 0 Å². The molecule has 3 atom stereocenters. The Kier molecular flexibility index (Phi) is 2.73. The Morgan fingerprint density at radius 2 is 2.30 bits per heavy atom. The number of H-pyrrole nitrogens is 1. The molecule has 3 unspecified atom stereocenters. The largest absolute Gasteiger partial charge is 0.324 e. The van der Waals surface area contributed by atoms with Crippen LogP contribution in [0.1, 0.15) is 19.3 Å². The molecular formula is C15H18N4O. The second kappa shape index (κ2) is 4.59. The van der Waals surface area contributed by atoms with E-state index in [1.807, 2.05) is 18.2 Å². The fraction of sp³-hybridized carbons (Fsp3) is 0.467. The number of rotatable bonds is 2. The molecule has 2 aromatic rings. The van der Waals surface area contributed by atoms with E-state index < -0.39 is 0 Å². The number of nitrogens with one attached hydrogen (secondary N) is 3. The molecule has 5 nitrogen and oxygen atoms in total. The minimum absolute atomic E-state index is 0.0374. The highest BCUT2D eigenvalue weighted by molar-refractivity contribution is 6.03. The normalized spacial score (nSPS) is 28.7. The van der Waals surface area contributed by atoms with E-state index in [-0.39, 0.29) is 11.9 Å². The van der Waals surface area contributed by atoms with Crippen LogP contribution in [0.2, 0.25) is 0 Å². The second-order valence-corrected chi connectivity index (χ2v) is 5.87. The highest BCUT2D eigenvalue weighted by Gasteiger charge is 2.42. The van der Waals surface area contributed by atoms with E-state index in [1.165, 1.54) is 19.3 Å². The van der Waals surface area contributed by atoms with Crippen molar-refractivity contribution >= 4 is 22.5 Å². The topological polar surface area (TPSA) is 69.8 Å². The van der Waals surface area contributed by atoms with E-state index in [4.69, 9.17) is 0 Å². The lowest BCUT2D eigenvalue weighted by atomic mass is 9.93. The van der Waals surface area contributed by atoms with Crippen LogP contribution < -0.4 is 10.6 Å². The number of hydrogen-bond donors (Lipinski definition) is 3. The molecule has 1 aliphatic carbocycles. The molecule has 1 amide bonds. The monoisotopic (exact) mass is 270 g/mol. The number of carbonyl (C=O) groups excluding carboxylic acids is 1. The van der Waals surface area contributed by atoms with Gasteiger partial charge in [-0.15, -0.1) is 0 Å². The Labute approximate surface area is 117 Å². The zero-order valence-corrected chi connectivity index (χ0v) is 11.2. The van der Waals surface area contributed by atoms with Crippen LogP contribution in [-0.4, -0.2) is 28.7 Å². The third-order valence-corrected chi connectivity index (χ3v) is 4.77. The van der Waals surface area contributed by atoms with Crippen LogP contribution in [0.5, 0.6) is 0 Å². The van der Waals surface area contributed by atoms with Gasteiger partial charge in [-0.1, -0.05) is 12.5 Å². The first kappa shape index (κ1) is 11.9. The van der Waals surface area contributed by atoms with E-state index in [0.29, 0.717) is 11.8 Å². The molecule has 4 rings (SSSR count). The Morgan fingerprint density at radius 3 is 3.25 bits per heavy atom. The summed E-state index contributed by atoms with van der Waals surface area (Å²) in [6.45, 7) is 0.985. The van der Waals surface area contributed by atoms with Gasteiger partial charge in [-0.3, -0.25) is 9.89 Å². The van der Waals surface area contributed by atoms with Crippen molar-refractivity contribution < 1.29 is 4.79 Å². The maximum absolute atomic E-state index is 12.5. The molecule has 1 saturated carbocycles. The summed E-state index contributed by atoms with van der Waals surface area (Å²) < 4.78 is 0. The fourth-order valence-corrected chi connectivity index (χ4v) is 3.76. The van der Waals surface area contributed by atoms with Gasteiger partial charge in [0.05, 0.1) is 23.4 Å². The Hall–Kier alpha value is -1.88. The van der Waals surface area contributed by atoms with Crippen LogP contribution in [0.3, 0.4) is 0 Å². The van der Waals surface area contributed by atoms with Gasteiger partial charge >= 0.3 is 0 Å². The van der Waals surface area contributed by atoms with Crippen molar-refractivity contribution in [3.63, 3.8) is 0 Å². The van der Waals surface area contributed by atoms with Crippen LogP contribution in [0, 0.1) is 11.8 Å². The van der Waals surface area contributed by atoms with Crippen molar-refractivity contribution in [2.75, 3.05) is 11.9 Å². The van der Waals surface area contributed by atoms with Gasteiger partial charge in [-0.25, -0.2) is 0 Å². The van der Waals surface area contributed by atoms with Crippen molar-refractivity contribution in [1.29, 1.82) is 0 Å². The van der Waals surface area contributed by atoms with Crippen molar-refractivity contribution in [2.24, 2.45) is 11.8 Å². The smallest absolute Gasteiger partial charge is 0.241 e. The standard InChI is InChI=1S/C15H18N4O/c20-15(14-10-4-1-3-9(10)7-16-14)18-12-5-2-6-13-11(12)8-17-19-13/h2,5-6,8-10,14,16H,1,3-4,7H2,(H,17,19)(H,18,20). The number of fused-ring (bicyclic) bond motifs is 2. The number of amides is 1. The average molecular weight is 270 g/mol. The summed E-state index contributed by atoms with van der Waals surface area (Å²) in [6, 6.07) is 5.77. The Morgan fingerprint density at radius 1 is 1.35 bits per heavy atom. The van der Waals surface area contributed by atoms with Crippen LogP contribution in [0.4, 0.5) is 5.69 Å². The molecule has 20 heavy (non-hydrogen) atoms. The number of carbonyl (C=O) groups is 1. The molecule has 1 saturated heterocycles. The van der Waals surface area contributed by atoms with Crippen LogP contribution in [0.25, 0.3) is 10.9 Å². The molecule has 2 aliphatic rings. The number of hydrogen-bond acceptors (Lipinski definition) is 3. The van der Waals surface area contributed by atoms with Crippen molar-refractivity contribution in [3.8, 4) is 0 Å². The third-order valence-electron chi connectivity index (χ3n) is 4.77. The van der Waals surface area contributed by atoms with E-state index in [1.54, 1.807) is 6.20 Å². The first-order chi connectivity index (χ1) is 9.83. The summed E-state index contributed by atoms with van der Waals surface area (Å²) in [6.07, 6.45) is 5.45. The number of aromatic nitrogens is 2. The maximum atomic E-state index is 12.5. The van der Waals surface area contributed by atoms with Crippen LogP contribution >= 0.6 is 0 Å².